The molecule has 0 radical (unpaired) electrons. The van der Waals surface area contributed by atoms with E-state index in [-0.39, 0.29) is 22.6 Å². The van der Waals surface area contributed by atoms with E-state index in [9.17, 15) is 13.2 Å². The van der Waals surface area contributed by atoms with Gasteiger partial charge in [0.1, 0.15) is 17.6 Å². The molecule has 0 aliphatic carbocycles. The molecule has 2 aromatic rings. The Morgan fingerprint density at radius 1 is 1.28 bits per heavy atom. The molecule has 0 bridgehead atoms. The van der Waals surface area contributed by atoms with Crippen LogP contribution < -0.4 is 19.5 Å². The molecule has 0 saturated carbocycles. The van der Waals surface area contributed by atoms with Crippen molar-refractivity contribution in [3.05, 3.63) is 47.5 Å². The SMILES string of the molecule is CCOc1cc2c(cc1NC(=O)c1cccc(S(=O)(=O)NC(C)C)c1)O[C@H](C)C2. The van der Waals surface area contributed by atoms with Crippen LogP contribution in [0.4, 0.5) is 5.69 Å². The summed E-state index contributed by atoms with van der Waals surface area (Å²) >= 11 is 0. The van der Waals surface area contributed by atoms with Crippen molar-refractivity contribution in [2.45, 2.75) is 51.2 Å². The summed E-state index contributed by atoms with van der Waals surface area (Å²) in [6.45, 7) is 7.77. The molecule has 7 nitrogen and oxygen atoms in total. The van der Waals surface area contributed by atoms with Crippen molar-refractivity contribution < 1.29 is 22.7 Å². The molecule has 1 atom stereocenters. The van der Waals surface area contributed by atoms with E-state index in [0.717, 1.165) is 12.0 Å². The van der Waals surface area contributed by atoms with Crippen LogP contribution in [-0.2, 0) is 16.4 Å². The number of anilines is 1. The Morgan fingerprint density at radius 2 is 2.03 bits per heavy atom. The van der Waals surface area contributed by atoms with E-state index in [2.05, 4.69) is 10.0 Å². The second-order valence-corrected chi connectivity index (χ2v) is 8.99. The van der Waals surface area contributed by atoms with Gasteiger partial charge in [-0.2, -0.15) is 0 Å². The molecular formula is C21H26N2O5S. The van der Waals surface area contributed by atoms with Crippen LogP contribution in [0.25, 0.3) is 0 Å². The lowest BCUT2D eigenvalue weighted by Gasteiger charge is -2.14. The minimum atomic E-state index is -3.69. The molecule has 0 aromatic heterocycles. The number of hydrogen-bond acceptors (Lipinski definition) is 5. The van der Waals surface area contributed by atoms with Gasteiger partial charge in [-0.25, -0.2) is 13.1 Å². The largest absolute Gasteiger partial charge is 0.492 e. The zero-order valence-electron chi connectivity index (χ0n) is 17.0. The highest BCUT2D eigenvalue weighted by Crippen LogP contribution is 2.38. The third-order valence-corrected chi connectivity index (χ3v) is 6.00. The van der Waals surface area contributed by atoms with Gasteiger partial charge in [0.15, 0.2) is 0 Å². The van der Waals surface area contributed by atoms with E-state index < -0.39 is 15.9 Å². The van der Waals surface area contributed by atoms with Crippen LogP contribution in [-0.4, -0.2) is 33.1 Å². The Morgan fingerprint density at radius 3 is 2.72 bits per heavy atom. The molecule has 1 aliphatic rings. The van der Waals surface area contributed by atoms with Crippen LogP contribution in [0.3, 0.4) is 0 Å². The fourth-order valence-corrected chi connectivity index (χ4v) is 4.49. The summed E-state index contributed by atoms with van der Waals surface area (Å²) in [5, 5.41) is 2.82. The highest BCUT2D eigenvalue weighted by molar-refractivity contribution is 7.89. The van der Waals surface area contributed by atoms with E-state index in [4.69, 9.17) is 9.47 Å². The number of carbonyl (C=O) groups excluding carboxylic acids is 1. The highest BCUT2D eigenvalue weighted by Gasteiger charge is 2.23. The highest BCUT2D eigenvalue weighted by atomic mass is 32.2. The van der Waals surface area contributed by atoms with Gasteiger partial charge in [-0.15, -0.1) is 0 Å². The second-order valence-electron chi connectivity index (χ2n) is 7.28. The number of rotatable bonds is 7. The van der Waals surface area contributed by atoms with Gasteiger partial charge in [0, 0.05) is 29.7 Å². The zero-order valence-corrected chi connectivity index (χ0v) is 17.8. The molecular weight excluding hydrogens is 392 g/mol. The van der Waals surface area contributed by atoms with Gasteiger partial charge in [0.2, 0.25) is 10.0 Å². The summed E-state index contributed by atoms with van der Waals surface area (Å²) in [6, 6.07) is 9.30. The maximum absolute atomic E-state index is 12.8. The number of fused-ring (bicyclic) bond motifs is 1. The Hall–Kier alpha value is -2.58. The minimum absolute atomic E-state index is 0.0370. The maximum atomic E-state index is 12.8. The molecule has 1 heterocycles. The molecule has 0 unspecified atom stereocenters. The van der Waals surface area contributed by atoms with Crippen LogP contribution in [0, 0.1) is 0 Å². The van der Waals surface area contributed by atoms with Gasteiger partial charge in [-0.3, -0.25) is 4.79 Å². The number of amides is 1. The van der Waals surface area contributed by atoms with Crippen molar-refractivity contribution in [1.29, 1.82) is 0 Å². The quantitative estimate of drug-likeness (QED) is 0.719. The molecule has 0 spiro atoms. The topological polar surface area (TPSA) is 93.7 Å². The lowest BCUT2D eigenvalue weighted by atomic mass is 10.1. The molecule has 3 rings (SSSR count). The van der Waals surface area contributed by atoms with Gasteiger partial charge in [-0.05, 0) is 52.0 Å². The number of carbonyl (C=O) groups is 1. The summed E-state index contributed by atoms with van der Waals surface area (Å²) in [6.07, 6.45) is 0.854. The summed E-state index contributed by atoms with van der Waals surface area (Å²) in [4.78, 5) is 12.9. The van der Waals surface area contributed by atoms with E-state index in [0.29, 0.717) is 23.8 Å². The fourth-order valence-electron chi connectivity index (χ4n) is 3.19. The first-order chi connectivity index (χ1) is 13.7. The minimum Gasteiger partial charge on any atom is -0.492 e. The molecule has 1 aliphatic heterocycles. The number of nitrogens with one attached hydrogen (secondary N) is 2. The third kappa shape index (κ3) is 4.89. The van der Waals surface area contributed by atoms with E-state index in [1.165, 1.54) is 12.1 Å². The molecule has 8 heteroatoms. The Kier molecular flexibility index (Phi) is 6.14. The first-order valence-corrected chi connectivity index (χ1v) is 11.1. The molecule has 0 fully saturated rings. The Labute approximate surface area is 171 Å². The number of ether oxygens (including phenoxy) is 2. The van der Waals surface area contributed by atoms with Crippen molar-refractivity contribution in [3.8, 4) is 11.5 Å². The van der Waals surface area contributed by atoms with Crippen LogP contribution >= 0.6 is 0 Å². The molecule has 2 N–H and O–H groups in total. The van der Waals surface area contributed by atoms with E-state index in [1.807, 2.05) is 19.9 Å². The summed E-state index contributed by atoms with van der Waals surface area (Å²) in [5.41, 5.74) is 1.75. The standard InChI is InChI=1S/C21H26N2O5S/c1-5-27-20-11-16-9-14(4)28-19(16)12-18(20)22-21(24)15-7-6-8-17(10-15)29(25,26)23-13(2)3/h6-8,10-14,23H,5,9H2,1-4H3,(H,22,24)/t14-/m1/s1. The fraction of sp³-hybridized carbons (Fsp3) is 0.381. The normalized spacial score (nSPS) is 15.7. The van der Waals surface area contributed by atoms with Gasteiger partial charge >= 0.3 is 0 Å². The summed E-state index contributed by atoms with van der Waals surface area (Å²) in [7, 11) is -3.69. The van der Waals surface area contributed by atoms with Crippen molar-refractivity contribution in [1.82, 2.24) is 4.72 Å². The number of hydrogen-bond donors (Lipinski definition) is 2. The summed E-state index contributed by atoms with van der Waals surface area (Å²) in [5.74, 6) is 0.842. The van der Waals surface area contributed by atoms with Crippen LogP contribution in [0.5, 0.6) is 11.5 Å². The van der Waals surface area contributed by atoms with Gasteiger partial charge in [-0.1, -0.05) is 6.07 Å². The van der Waals surface area contributed by atoms with E-state index >= 15 is 0 Å². The summed E-state index contributed by atoms with van der Waals surface area (Å²) < 4.78 is 38.8. The zero-order chi connectivity index (χ0) is 21.2. The molecule has 1 amide bonds. The van der Waals surface area contributed by atoms with Crippen LogP contribution in [0.2, 0.25) is 0 Å². The van der Waals surface area contributed by atoms with Gasteiger partial charge < -0.3 is 14.8 Å². The monoisotopic (exact) mass is 418 g/mol. The van der Waals surface area contributed by atoms with Gasteiger partial charge in [0.25, 0.3) is 5.91 Å². The Balaban J connectivity index is 1.88. The molecule has 156 valence electrons. The molecule has 29 heavy (non-hydrogen) atoms. The van der Waals surface area contributed by atoms with Crippen LogP contribution in [0.1, 0.15) is 43.6 Å². The third-order valence-electron chi connectivity index (χ3n) is 4.34. The molecule has 2 aromatic carbocycles. The van der Waals surface area contributed by atoms with Crippen LogP contribution in [0.15, 0.2) is 41.3 Å². The Bertz CT molecular complexity index is 1020. The smallest absolute Gasteiger partial charge is 0.255 e. The average molecular weight is 419 g/mol. The lowest BCUT2D eigenvalue weighted by Crippen LogP contribution is -2.30. The lowest BCUT2D eigenvalue weighted by molar-refractivity contribution is 0.102. The average Bonchev–Trinajstić information content (AvgIpc) is 3.00. The van der Waals surface area contributed by atoms with Crippen molar-refractivity contribution in [2.24, 2.45) is 0 Å². The van der Waals surface area contributed by atoms with Crippen molar-refractivity contribution in [3.63, 3.8) is 0 Å². The number of benzene rings is 2. The first-order valence-electron chi connectivity index (χ1n) is 9.59. The van der Waals surface area contributed by atoms with Crippen molar-refractivity contribution in [2.75, 3.05) is 11.9 Å². The van der Waals surface area contributed by atoms with Crippen molar-refractivity contribution >= 4 is 21.6 Å². The maximum Gasteiger partial charge on any atom is 0.255 e. The molecule has 0 saturated heterocycles. The number of sulfonamides is 1. The second kappa shape index (κ2) is 8.42. The van der Waals surface area contributed by atoms with E-state index in [1.54, 1.807) is 32.0 Å². The predicted molar refractivity (Wildman–Crippen MR) is 111 cm³/mol. The first kappa shape index (κ1) is 21.1. The predicted octanol–water partition coefficient (Wildman–Crippen LogP) is 3.35. The van der Waals surface area contributed by atoms with Gasteiger partial charge in [0.05, 0.1) is 17.2 Å².